The number of nitrogens with zero attached hydrogens (tertiary/aromatic N) is 6. The molecule has 0 aliphatic carbocycles. The molecule has 23 heavy (non-hydrogen) atoms. The van der Waals surface area contributed by atoms with E-state index in [1.165, 1.54) is 11.8 Å². The molecule has 0 radical (unpaired) electrons. The van der Waals surface area contributed by atoms with Gasteiger partial charge in [0.15, 0.2) is 0 Å². The van der Waals surface area contributed by atoms with Crippen molar-refractivity contribution in [3.8, 4) is 22.9 Å². The molecule has 120 valence electrons. The highest BCUT2D eigenvalue weighted by atomic mass is 32.2. The summed E-state index contributed by atoms with van der Waals surface area (Å²) in [6.45, 7) is 0. The first-order valence-electron chi connectivity index (χ1n) is 6.61. The molecule has 0 bridgehead atoms. The lowest BCUT2D eigenvalue weighted by molar-refractivity contribution is 0.388. The zero-order valence-electron chi connectivity index (χ0n) is 12.8. The van der Waals surface area contributed by atoms with E-state index >= 15 is 0 Å². The van der Waals surface area contributed by atoms with E-state index in [1.54, 1.807) is 32.0 Å². The fourth-order valence-corrected chi connectivity index (χ4v) is 2.56. The Morgan fingerprint density at radius 3 is 2.83 bits per heavy atom. The van der Waals surface area contributed by atoms with Crippen LogP contribution < -0.4 is 9.47 Å². The Morgan fingerprint density at radius 2 is 2.13 bits per heavy atom. The van der Waals surface area contributed by atoms with Crippen molar-refractivity contribution in [1.29, 1.82) is 0 Å². The third-order valence-electron chi connectivity index (χ3n) is 3.02. The maximum absolute atomic E-state index is 5.35. The normalized spacial score (nSPS) is 10.7. The molecule has 1 aromatic carbocycles. The van der Waals surface area contributed by atoms with E-state index in [-0.39, 0.29) is 0 Å². The van der Waals surface area contributed by atoms with E-state index in [1.807, 2.05) is 12.1 Å². The number of tetrazole rings is 1. The van der Waals surface area contributed by atoms with Crippen molar-refractivity contribution in [1.82, 2.24) is 30.3 Å². The minimum atomic E-state index is 0.455. The Kier molecular flexibility index (Phi) is 4.42. The van der Waals surface area contributed by atoms with Crippen LogP contribution in [0.2, 0.25) is 0 Å². The minimum Gasteiger partial charge on any atom is -0.497 e. The first kappa shape index (κ1) is 15.3. The highest BCUT2D eigenvalue weighted by Crippen LogP contribution is 2.32. The van der Waals surface area contributed by atoms with Crippen molar-refractivity contribution in [3.05, 3.63) is 24.1 Å². The van der Waals surface area contributed by atoms with Crippen LogP contribution in [0.3, 0.4) is 0 Å². The topological polar surface area (TPSA) is 101 Å². The Bertz CT molecular complexity index is 803. The molecule has 3 rings (SSSR count). The van der Waals surface area contributed by atoms with Gasteiger partial charge in [0.25, 0.3) is 0 Å². The molecule has 9 nitrogen and oxygen atoms in total. The number of rotatable bonds is 6. The van der Waals surface area contributed by atoms with Gasteiger partial charge in [-0.15, -0.1) is 5.10 Å². The van der Waals surface area contributed by atoms with E-state index in [0.29, 0.717) is 34.1 Å². The van der Waals surface area contributed by atoms with Crippen LogP contribution in [0, 0.1) is 0 Å². The monoisotopic (exact) mass is 334 g/mol. The summed E-state index contributed by atoms with van der Waals surface area (Å²) in [6, 6.07) is 5.41. The summed E-state index contributed by atoms with van der Waals surface area (Å²) in [5.41, 5.74) is 0.730. The van der Waals surface area contributed by atoms with Gasteiger partial charge in [-0.1, -0.05) is 16.9 Å². The zero-order valence-corrected chi connectivity index (χ0v) is 13.6. The lowest BCUT2D eigenvalue weighted by atomic mass is 10.2. The molecule has 0 aliphatic rings. The molecule has 0 atom stereocenters. The van der Waals surface area contributed by atoms with Gasteiger partial charge >= 0.3 is 0 Å². The summed E-state index contributed by atoms with van der Waals surface area (Å²) in [5.74, 6) is 2.71. The van der Waals surface area contributed by atoms with Crippen LogP contribution in [-0.2, 0) is 12.8 Å². The largest absolute Gasteiger partial charge is 0.497 e. The maximum Gasteiger partial charge on any atom is 0.237 e. The Morgan fingerprint density at radius 1 is 1.26 bits per heavy atom. The molecule has 0 fully saturated rings. The Hall–Kier alpha value is -2.62. The zero-order chi connectivity index (χ0) is 16.2. The molecule has 0 spiro atoms. The van der Waals surface area contributed by atoms with Crippen LogP contribution >= 0.6 is 11.8 Å². The van der Waals surface area contributed by atoms with Crippen molar-refractivity contribution in [3.63, 3.8) is 0 Å². The Balaban J connectivity index is 1.78. The minimum absolute atomic E-state index is 0.455. The molecule has 3 aromatic rings. The van der Waals surface area contributed by atoms with Crippen LogP contribution in [0.1, 0.15) is 5.89 Å². The molecule has 0 N–H and O–H groups in total. The summed E-state index contributed by atoms with van der Waals surface area (Å²) >= 11 is 1.41. The van der Waals surface area contributed by atoms with Crippen molar-refractivity contribution >= 4 is 11.8 Å². The highest BCUT2D eigenvalue weighted by Gasteiger charge is 2.15. The molecular weight excluding hydrogens is 320 g/mol. The number of methoxy groups -OCH3 is 2. The van der Waals surface area contributed by atoms with Gasteiger partial charge in [0.05, 0.1) is 25.5 Å². The fourth-order valence-electron chi connectivity index (χ4n) is 1.88. The van der Waals surface area contributed by atoms with E-state index in [2.05, 4.69) is 25.7 Å². The van der Waals surface area contributed by atoms with E-state index < -0.39 is 0 Å². The fraction of sp³-hybridized carbons (Fsp3) is 0.308. The first-order valence-corrected chi connectivity index (χ1v) is 7.60. The second-order valence-electron chi connectivity index (χ2n) is 4.45. The summed E-state index contributed by atoms with van der Waals surface area (Å²) in [5, 5.41) is 15.9. The number of hydrogen-bond donors (Lipinski definition) is 0. The molecule has 0 unspecified atom stereocenters. The third-order valence-corrected chi connectivity index (χ3v) is 4.02. The van der Waals surface area contributed by atoms with Crippen LogP contribution in [-0.4, -0.2) is 44.6 Å². The summed E-state index contributed by atoms with van der Waals surface area (Å²) in [7, 11) is 4.94. The molecule has 10 heteroatoms. The summed E-state index contributed by atoms with van der Waals surface area (Å²) in [6.07, 6.45) is 0. The lowest BCUT2D eigenvalue weighted by Crippen LogP contribution is -1.93. The highest BCUT2D eigenvalue weighted by molar-refractivity contribution is 7.98. The average molecular weight is 334 g/mol. The van der Waals surface area contributed by atoms with E-state index in [9.17, 15) is 0 Å². The Labute approximate surface area is 136 Å². The van der Waals surface area contributed by atoms with Gasteiger partial charge in [-0.3, -0.25) is 0 Å². The molecule has 2 heterocycles. The van der Waals surface area contributed by atoms with Crippen molar-refractivity contribution in [2.75, 3.05) is 14.2 Å². The number of hydrogen-bond acceptors (Lipinski definition) is 9. The molecule has 2 aromatic heterocycles. The molecule has 0 aliphatic heterocycles. The summed E-state index contributed by atoms with van der Waals surface area (Å²) < 4.78 is 17.4. The van der Waals surface area contributed by atoms with E-state index in [0.717, 1.165) is 5.56 Å². The maximum atomic E-state index is 5.35. The number of thioether (sulfide) groups is 1. The molecular formula is C13H14N6O3S. The van der Waals surface area contributed by atoms with Gasteiger partial charge in [-0.05, 0) is 22.6 Å². The average Bonchev–Trinajstić information content (AvgIpc) is 3.21. The number of ether oxygens (including phenoxy) is 2. The second kappa shape index (κ2) is 6.65. The van der Waals surface area contributed by atoms with Crippen LogP contribution in [0.15, 0.2) is 27.9 Å². The summed E-state index contributed by atoms with van der Waals surface area (Å²) in [4.78, 5) is 4.38. The van der Waals surface area contributed by atoms with Gasteiger partial charge in [-0.2, -0.15) is 4.98 Å². The van der Waals surface area contributed by atoms with Gasteiger partial charge in [0.1, 0.15) is 11.5 Å². The van der Waals surface area contributed by atoms with E-state index in [4.69, 9.17) is 14.0 Å². The third kappa shape index (κ3) is 3.26. The quantitative estimate of drug-likeness (QED) is 0.621. The van der Waals surface area contributed by atoms with Crippen LogP contribution in [0.5, 0.6) is 11.5 Å². The number of aryl methyl sites for hydroxylation is 1. The second-order valence-corrected chi connectivity index (χ2v) is 5.39. The van der Waals surface area contributed by atoms with Crippen molar-refractivity contribution < 1.29 is 14.0 Å². The SMILES string of the molecule is COc1ccc(-c2noc(CSc3nnnn3C)n2)c(OC)c1. The molecule has 0 saturated heterocycles. The number of benzene rings is 1. The number of aromatic nitrogens is 6. The molecule has 0 saturated carbocycles. The predicted molar refractivity (Wildman–Crippen MR) is 81.2 cm³/mol. The van der Waals surface area contributed by atoms with Crippen molar-refractivity contribution in [2.45, 2.75) is 10.9 Å². The van der Waals surface area contributed by atoms with Gasteiger partial charge in [0, 0.05) is 13.1 Å². The van der Waals surface area contributed by atoms with Gasteiger partial charge in [-0.25, -0.2) is 4.68 Å². The van der Waals surface area contributed by atoms with Gasteiger partial charge < -0.3 is 14.0 Å². The smallest absolute Gasteiger partial charge is 0.237 e. The van der Waals surface area contributed by atoms with Gasteiger partial charge in [0.2, 0.25) is 16.9 Å². The lowest BCUT2D eigenvalue weighted by Gasteiger charge is -2.07. The first-order chi connectivity index (χ1) is 11.2. The molecule has 0 amide bonds. The standard InChI is InChI=1S/C13H14N6O3S/c1-19-13(15-17-18-19)23-7-11-14-12(16-22-11)9-5-4-8(20-2)6-10(9)21-3/h4-6H,7H2,1-3H3. The van der Waals surface area contributed by atoms with Crippen LogP contribution in [0.4, 0.5) is 0 Å². The van der Waals surface area contributed by atoms with Crippen molar-refractivity contribution in [2.24, 2.45) is 7.05 Å². The predicted octanol–water partition coefficient (Wildman–Crippen LogP) is 1.57. The van der Waals surface area contributed by atoms with Crippen LogP contribution in [0.25, 0.3) is 11.4 Å².